The number of carbonyl (C=O) groups excluding carboxylic acids is 1. The summed E-state index contributed by atoms with van der Waals surface area (Å²) in [6.07, 6.45) is 1.35. The SMILES string of the molecule is CO/C=C(/C(=O)OC)c1sc2nc(-c3ccc(C#N)cc3)nn2c1C. The lowest BCUT2D eigenvalue weighted by molar-refractivity contribution is -0.133. The summed E-state index contributed by atoms with van der Waals surface area (Å²) in [5.74, 6) is 0.0718. The number of methoxy groups -OCH3 is 2. The number of thiazole rings is 1. The number of benzene rings is 1. The fourth-order valence-electron chi connectivity index (χ4n) is 2.33. The van der Waals surface area contributed by atoms with Crippen molar-refractivity contribution >= 4 is 27.8 Å². The van der Waals surface area contributed by atoms with Crippen LogP contribution in [0.4, 0.5) is 0 Å². The predicted octanol–water partition coefficient (Wildman–Crippen LogP) is 2.80. The number of carbonyl (C=O) groups is 1. The van der Waals surface area contributed by atoms with E-state index in [0.29, 0.717) is 26.8 Å². The number of aromatic nitrogens is 3. The minimum atomic E-state index is -0.484. The van der Waals surface area contributed by atoms with E-state index in [2.05, 4.69) is 16.2 Å². The van der Waals surface area contributed by atoms with Crippen molar-refractivity contribution in [1.82, 2.24) is 14.6 Å². The van der Waals surface area contributed by atoms with Gasteiger partial charge in [-0.3, -0.25) is 0 Å². The summed E-state index contributed by atoms with van der Waals surface area (Å²) in [5.41, 5.74) is 2.48. The first-order chi connectivity index (χ1) is 12.1. The molecule has 7 nitrogen and oxygen atoms in total. The molecule has 1 aromatic carbocycles. The third kappa shape index (κ3) is 2.97. The van der Waals surface area contributed by atoms with E-state index in [1.807, 2.05) is 6.92 Å². The molecule has 0 N–H and O–H groups in total. The van der Waals surface area contributed by atoms with Gasteiger partial charge in [0.2, 0.25) is 4.96 Å². The molecular weight excluding hydrogens is 340 g/mol. The van der Waals surface area contributed by atoms with Gasteiger partial charge in [-0.25, -0.2) is 9.31 Å². The summed E-state index contributed by atoms with van der Waals surface area (Å²) in [4.78, 5) is 17.8. The molecule has 25 heavy (non-hydrogen) atoms. The monoisotopic (exact) mass is 354 g/mol. The molecule has 3 rings (SSSR count). The van der Waals surface area contributed by atoms with Crippen molar-refractivity contribution in [3.8, 4) is 17.5 Å². The van der Waals surface area contributed by atoms with Gasteiger partial charge in [0.25, 0.3) is 0 Å². The van der Waals surface area contributed by atoms with Crippen LogP contribution < -0.4 is 0 Å². The average Bonchev–Trinajstić information content (AvgIpc) is 3.19. The zero-order valence-corrected chi connectivity index (χ0v) is 14.6. The van der Waals surface area contributed by atoms with Crippen LogP contribution in [-0.4, -0.2) is 34.8 Å². The van der Waals surface area contributed by atoms with Gasteiger partial charge in [0.05, 0.1) is 42.7 Å². The Bertz CT molecular complexity index is 1010. The molecule has 0 amide bonds. The fraction of sp³-hybridized carbons (Fsp3) is 0.176. The fourth-order valence-corrected chi connectivity index (χ4v) is 3.39. The van der Waals surface area contributed by atoms with Crippen molar-refractivity contribution in [2.75, 3.05) is 14.2 Å². The van der Waals surface area contributed by atoms with Crippen LogP contribution in [0.3, 0.4) is 0 Å². The maximum absolute atomic E-state index is 12.0. The van der Waals surface area contributed by atoms with E-state index in [9.17, 15) is 4.79 Å². The summed E-state index contributed by atoms with van der Waals surface area (Å²) in [6.45, 7) is 1.85. The van der Waals surface area contributed by atoms with Gasteiger partial charge in [-0.1, -0.05) is 11.3 Å². The predicted molar refractivity (Wildman–Crippen MR) is 92.8 cm³/mol. The zero-order chi connectivity index (χ0) is 18.0. The van der Waals surface area contributed by atoms with Crippen LogP contribution in [0, 0.1) is 18.3 Å². The smallest absolute Gasteiger partial charge is 0.342 e. The van der Waals surface area contributed by atoms with Crippen LogP contribution in [0.25, 0.3) is 21.9 Å². The van der Waals surface area contributed by atoms with Crippen LogP contribution in [0.15, 0.2) is 30.5 Å². The molecule has 3 aromatic rings. The molecule has 0 bridgehead atoms. The summed E-state index contributed by atoms with van der Waals surface area (Å²) < 4.78 is 11.5. The van der Waals surface area contributed by atoms with Gasteiger partial charge in [-0.05, 0) is 31.2 Å². The molecule has 0 saturated carbocycles. The minimum Gasteiger partial charge on any atom is -0.503 e. The Morgan fingerprint density at radius 2 is 2.04 bits per heavy atom. The standard InChI is InChI=1S/C17H14N4O3S/c1-10-14(13(9-23-2)16(22)24-3)25-17-19-15(20-21(10)17)12-6-4-11(8-18)5-7-12/h4-7,9H,1-3H3/b13-9+. The molecule has 0 saturated heterocycles. The second-order valence-electron chi connectivity index (χ2n) is 5.09. The summed E-state index contributed by atoms with van der Waals surface area (Å²) in [7, 11) is 2.79. The Kier molecular flexibility index (Phi) is 4.50. The number of hydrogen-bond donors (Lipinski definition) is 0. The van der Waals surface area contributed by atoms with Gasteiger partial charge < -0.3 is 9.47 Å². The molecule has 0 unspecified atom stereocenters. The lowest BCUT2D eigenvalue weighted by atomic mass is 10.1. The summed E-state index contributed by atoms with van der Waals surface area (Å²) in [5, 5.41) is 13.4. The highest BCUT2D eigenvalue weighted by Crippen LogP contribution is 2.30. The molecule has 0 aliphatic rings. The van der Waals surface area contributed by atoms with Gasteiger partial charge in [0.15, 0.2) is 5.82 Å². The van der Waals surface area contributed by atoms with Crippen LogP contribution in [-0.2, 0) is 14.3 Å². The van der Waals surface area contributed by atoms with E-state index in [0.717, 1.165) is 11.3 Å². The second kappa shape index (κ2) is 6.75. The van der Waals surface area contributed by atoms with Crippen LogP contribution >= 0.6 is 11.3 Å². The quantitative estimate of drug-likeness (QED) is 0.407. The van der Waals surface area contributed by atoms with E-state index in [4.69, 9.17) is 14.7 Å². The van der Waals surface area contributed by atoms with Crippen molar-refractivity contribution in [3.63, 3.8) is 0 Å². The molecule has 0 atom stereocenters. The Hall–Kier alpha value is -3.18. The van der Waals surface area contributed by atoms with Gasteiger partial charge >= 0.3 is 5.97 Å². The lowest BCUT2D eigenvalue weighted by Crippen LogP contribution is -2.05. The number of nitrogens with zero attached hydrogens (tertiary/aromatic N) is 4. The number of nitriles is 1. The Balaban J connectivity index is 2.05. The number of esters is 1. The van der Waals surface area contributed by atoms with Crippen molar-refractivity contribution < 1.29 is 14.3 Å². The molecular formula is C17H14N4O3S. The van der Waals surface area contributed by atoms with E-state index < -0.39 is 5.97 Å². The van der Waals surface area contributed by atoms with Crippen molar-refractivity contribution in [2.45, 2.75) is 6.92 Å². The second-order valence-corrected chi connectivity index (χ2v) is 6.07. The van der Waals surface area contributed by atoms with Crippen molar-refractivity contribution in [1.29, 1.82) is 5.26 Å². The van der Waals surface area contributed by atoms with Crippen molar-refractivity contribution in [2.24, 2.45) is 0 Å². The number of rotatable bonds is 4. The molecule has 0 radical (unpaired) electrons. The van der Waals surface area contributed by atoms with Crippen LogP contribution in [0.5, 0.6) is 0 Å². The summed E-state index contributed by atoms with van der Waals surface area (Å²) >= 11 is 1.33. The minimum absolute atomic E-state index is 0.319. The molecule has 0 spiro atoms. The highest BCUT2D eigenvalue weighted by molar-refractivity contribution is 7.18. The third-order valence-electron chi connectivity index (χ3n) is 3.57. The largest absolute Gasteiger partial charge is 0.503 e. The van der Waals surface area contributed by atoms with Crippen LogP contribution in [0.1, 0.15) is 16.1 Å². The van der Waals surface area contributed by atoms with Gasteiger partial charge in [0, 0.05) is 5.56 Å². The lowest BCUT2D eigenvalue weighted by Gasteiger charge is -2.03. The topological polar surface area (TPSA) is 89.5 Å². The van der Waals surface area contributed by atoms with E-state index >= 15 is 0 Å². The normalized spacial score (nSPS) is 11.4. The Labute approximate surface area is 147 Å². The first-order valence-electron chi connectivity index (χ1n) is 7.27. The highest BCUT2D eigenvalue weighted by Gasteiger charge is 2.22. The number of hydrogen-bond acceptors (Lipinski definition) is 7. The first-order valence-corrected chi connectivity index (χ1v) is 8.09. The van der Waals surface area contributed by atoms with Crippen molar-refractivity contribution in [3.05, 3.63) is 46.7 Å². The molecule has 2 aromatic heterocycles. The van der Waals surface area contributed by atoms with E-state index in [1.165, 1.54) is 31.8 Å². The first kappa shape index (κ1) is 16.7. The van der Waals surface area contributed by atoms with E-state index in [-0.39, 0.29) is 0 Å². The maximum atomic E-state index is 12.0. The molecule has 2 heterocycles. The van der Waals surface area contributed by atoms with Gasteiger partial charge in [-0.15, -0.1) is 5.10 Å². The average molecular weight is 354 g/mol. The van der Waals surface area contributed by atoms with E-state index in [1.54, 1.807) is 28.8 Å². The molecule has 0 aliphatic heterocycles. The molecule has 126 valence electrons. The van der Waals surface area contributed by atoms with Crippen LogP contribution in [0.2, 0.25) is 0 Å². The zero-order valence-electron chi connectivity index (χ0n) is 13.8. The molecule has 0 aliphatic carbocycles. The Morgan fingerprint density at radius 3 is 2.60 bits per heavy atom. The Morgan fingerprint density at radius 1 is 1.32 bits per heavy atom. The summed E-state index contributed by atoms with van der Waals surface area (Å²) in [6, 6.07) is 9.13. The number of fused-ring (bicyclic) bond motifs is 1. The molecule has 8 heteroatoms. The molecule has 0 fully saturated rings. The third-order valence-corrected chi connectivity index (χ3v) is 4.74. The number of ether oxygens (including phenoxy) is 2. The van der Waals surface area contributed by atoms with Gasteiger partial charge in [0.1, 0.15) is 5.57 Å². The number of aryl methyl sites for hydroxylation is 1. The highest BCUT2D eigenvalue weighted by atomic mass is 32.1. The van der Waals surface area contributed by atoms with Gasteiger partial charge in [-0.2, -0.15) is 10.2 Å². The maximum Gasteiger partial charge on any atom is 0.342 e.